The van der Waals surface area contributed by atoms with Crippen LogP contribution in [0.1, 0.15) is 26.1 Å². The van der Waals surface area contributed by atoms with E-state index in [1.54, 1.807) is 11.3 Å². The standard InChI is InChI=1S/C12H18N4S2/c1-3-8(2)6-17-7-10-14-11(16-13)9-4-5-18-12(9)15-10/h4-5,8H,3,6-7,13H2,1-2H3,(H,14,15,16). The number of hydrogen-bond acceptors (Lipinski definition) is 6. The third-order valence-corrected chi connectivity index (χ3v) is 4.91. The minimum atomic E-state index is 0.723. The molecule has 1 atom stereocenters. The number of thioether (sulfide) groups is 1. The predicted molar refractivity (Wildman–Crippen MR) is 80.8 cm³/mol. The second-order valence-corrected chi connectivity index (χ2v) is 6.23. The lowest BCUT2D eigenvalue weighted by Gasteiger charge is -2.08. The second kappa shape index (κ2) is 6.36. The van der Waals surface area contributed by atoms with Crippen LogP contribution in [-0.4, -0.2) is 15.7 Å². The van der Waals surface area contributed by atoms with Gasteiger partial charge in [-0.05, 0) is 23.1 Å². The maximum Gasteiger partial charge on any atom is 0.152 e. The van der Waals surface area contributed by atoms with Crippen molar-refractivity contribution in [1.29, 1.82) is 0 Å². The van der Waals surface area contributed by atoms with Gasteiger partial charge in [0.05, 0.1) is 11.1 Å². The molecule has 1 unspecified atom stereocenters. The number of rotatable bonds is 6. The van der Waals surface area contributed by atoms with Gasteiger partial charge in [0.1, 0.15) is 10.7 Å². The molecule has 2 aromatic rings. The summed E-state index contributed by atoms with van der Waals surface area (Å²) < 4.78 is 0. The van der Waals surface area contributed by atoms with Gasteiger partial charge in [-0.3, -0.25) is 0 Å². The lowest BCUT2D eigenvalue weighted by molar-refractivity contribution is 0.636. The Morgan fingerprint density at radius 2 is 2.33 bits per heavy atom. The lowest BCUT2D eigenvalue weighted by atomic mass is 10.2. The van der Waals surface area contributed by atoms with Crippen molar-refractivity contribution in [3.63, 3.8) is 0 Å². The third-order valence-electron chi connectivity index (χ3n) is 2.84. The van der Waals surface area contributed by atoms with Gasteiger partial charge in [-0.15, -0.1) is 11.3 Å². The van der Waals surface area contributed by atoms with Crippen LogP contribution in [0.15, 0.2) is 11.4 Å². The SMILES string of the molecule is CCC(C)CSCc1nc(NN)c2ccsc2n1. The van der Waals surface area contributed by atoms with E-state index in [0.717, 1.165) is 39.3 Å². The molecule has 0 fully saturated rings. The Kier molecular flexibility index (Phi) is 4.79. The van der Waals surface area contributed by atoms with Crippen LogP contribution in [0.25, 0.3) is 10.2 Å². The quantitative estimate of drug-likeness (QED) is 0.629. The van der Waals surface area contributed by atoms with Gasteiger partial charge in [0.25, 0.3) is 0 Å². The fourth-order valence-corrected chi connectivity index (χ4v) is 3.39. The van der Waals surface area contributed by atoms with E-state index < -0.39 is 0 Å². The third kappa shape index (κ3) is 3.13. The van der Waals surface area contributed by atoms with Crippen molar-refractivity contribution in [2.75, 3.05) is 11.2 Å². The lowest BCUT2D eigenvalue weighted by Crippen LogP contribution is -2.10. The number of fused-ring (bicyclic) bond motifs is 1. The molecule has 0 spiro atoms. The first-order chi connectivity index (χ1) is 8.74. The number of aromatic nitrogens is 2. The Morgan fingerprint density at radius 3 is 3.06 bits per heavy atom. The van der Waals surface area contributed by atoms with Crippen LogP contribution in [-0.2, 0) is 5.75 Å². The zero-order valence-electron chi connectivity index (χ0n) is 10.6. The molecule has 0 radical (unpaired) electrons. The van der Waals surface area contributed by atoms with Crippen molar-refractivity contribution < 1.29 is 0 Å². The van der Waals surface area contributed by atoms with Crippen LogP contribution < -0.4 is 11.3 Å². The summed E-state index contributed by atoms with van der Waals surface area (Å²) in [6.07, 6.45) is 1.22. The van der Waals surface area contributed by atoms with E-state index in [1.807, 2.05) is 23.2 Å². The first-order valence-electron chi connectivity index (χ1n) is 6.03. The molecule has 2 aromatic heterocycles. The van der Waals surface area contributed by atoms with E-state index in [-0.39, 0.29) is 0 Å². The average Bonchev–Trinajstić information content (AvgIpc) is 2.85. The van der Waals surface area contributed by atoms with Crippen LogP contribution in [0.2, 0.25) is 0 Å². The zero-order chi connectivity index (χ0) is 13.0. The van der Waals surface area contributed by atoms with Crippen LogP contribution in [0, 0.1) is 5.92 Å². The maximum atomic E-state index is 5.50. The summed E-state index contributed by atoms with van der Waals surface area (Å²) in [6.45, 7) is 4.49. The highest BCUT2D eigenvalue weighted by Crippen LogP contribution is 2.25. The van der Waals surface area contributed by atoms with Crippen LogP contribution in [0.4, 0.5) is 5.82 Å². The van der Waals surface area contributed by atoms with Gasteiger partial charge < -0.3 is 5.43 Å². The Balaban J connectivity index is 2.08. The number of nitrogen functional groups attached to an aromatic ring is 1. The summed E-state index contributed by atoms with van der Waals surface area (Å²) in [5, 5.41) is 3.01. The molecular weight excluding hydrogens is 264 g/mol. The minimum absolute atomic E-state index is 0.723. The molecule has 0 amide bonds. The summed E-state index contributed by atoms with van der Waals surface area (Å²) in [4.78, 5) is 10.0. The van der Waals surface area contributed by atoms with Crippen molar-refractivity contribution in [3.05, 3.63) is 17.3 Å². The van der Waals surface area contributed by atoms with E-state index in [4.69, 9.17) is 5.84 Å². The van der Waals surface area contributed by atoms with Gasteiger partial charge in [0, 0.05) is 0 Å². The van der Waals surface area contributed by atoms with Crippen molar-refractivity contribution in [3.8, 4) is 0 Å². The van der Waals surface area contributed by atoms with Crippen LogP contribution in [0.3, 0.4) is 0 Å². The average molecular weight is 282 g/mol. The number of nitrogens with zero attached hydrogens (tertiary/aromatic N) is 2. The molecule has 0 aromatic carbocycles. The zero-order valence-corrected chi connectivity index (χ0v) is 12.3. The summed E-state index contributed by atoms with van der Waals surface area (Å²) in [5.74, 6) is 9.81. The molecule has 0 aliphatic carbocycles. The smallest absolute Gasteiger partial charge is 0.152 e. The molecule has 2 heterocycles. The maximum absolute atomic E-state index is 5.50. The molecule has 18 heavy (non-hydrogen) atoms. The number of anilines is 1. The monoisotopic (exact) mass is 282 g/mol. The highest BCUT2D eigenvalue weighted by atomic mass is 32.2. The van der Waals surface area contributed by atoms with Gasteiger partial charge in [-0.2, -0.15) is 11.8 Å². The van der Waals surface area contributed by atoms with E-state index in [9.17, 15) is 0 Å². The molecule has 4 nitrogen and oxygen atoms in total. The normalized spacial score (nSPS) is 12.8. The largest absolute Gasteiger partial charge is 0.308 e. The molecule has 0 saturated heterocycles. The molecule has 0 bridgehead atoms. The number of nitrogens with one attached hydrogen (secondary N) is 1. The van der Waals surface area contributed by atoms with E-state index in [2.05, 4.69) is 29.2 Å². The molecule has 0 aliphatic rings. The van der Waals surface area contributed by atoms with Gasteiger partial charge in [0.15, 0.2) is 5.82 Å². The number of thiophene rings is 1. The minimum Gasteiger partial charge on any atom is -0.308 e. The molecule has 98 valence electrons. The predicted octanol–water partition coefficient (Wildman–Crippen LogP) is 3.26. The highest BCUT2D eigenvalue weighted by molar-refractivity contribution is 7.98. The molecule has 0 saturated carbocycles. The molecule has 6 heteroatoms. The Hall–Kier alpha value is -0.850. The number of hydrazine groups is 1. The van der Waals surface area contributed by atoms with Gasteiger partial charge in [-0.25, -0.2) is 15.8 Å². The molecule has 0 aliphatic heterocycles. The summed E-state index contributed by atoms with van der Waals surface area (Å²) in [6, 6.07) is 1.99. The van der Waals surface area contributed by atoms with Crippen molar-refractivity contribution >= 4 is 39.1 Å². The van der Waals surface area contributed by atoms with Crippen LogP contribution in [0.5, 0.6) is 0 Å². The van der Waals surface area contributed by atoms with Crippen molar-refractivity contribution in [2.24, 2.45) is 11.8 Å². The number of hydrogen-bond donors (Lipinski definition) is 2. The first-order valence-corrected chi connectivity index (χ1v) is 8.06. The van der Waals surface area contributed by atoms with Gasteiger partial charge >= 0.3 is 0 Å². The van der Waals surface area contributed by atoms with E-state index in [1.165, 1.54) is 6.42 Å². The molecule has 3 N–H and O–H groups in total. The second-order valence-electron chi connectivity index (χ2n) is 4.30. The fraction of sp³-hybridized carbons (Fsp3) is 0.500. The fourth-order valence-electron chi connectivity index (χ4n) is 1.54. The van der Waals surface area contributed by atoms with Crippen LogP contribution >= 0.6 is 23.1 Å². The van der Waals surface area contributed by atoms with Gasteiger partial charge in [-0.1, -0.05) is 20.3 Å². The summed E-state index contributed by atoms with van der Waals surface area (Å²) in [7, 11) is 0. The topological polar surface area (TPSA) is 63.8 Å². The molecular formula is C12H18N4S2. The highest BCUT2D eigenvalue weighted by Gasteiger charge is 2.08. The Bertz CT molecular complexity index is 512. The van der Waals surface area contributed by atoms with Crippen molar-refractivity contribution in [1.82, 2.24) is 9.97 Å². The summed E-state index contributed by atoms with van der Waals surface area (Å²) >= 11 is 3.50. The van der Waals surface area contributed by atoms with E-state index in [0.29, 0.717) is 0 Å². The number of nitrogens with two attached hydrogens (primary N) is 1. The summed E-state index contributed by atoms with van der Waals surface area (Å²) in [5.41, 5.74) is 2.65. The molecule has 2 rings (SSSR count). The first kappa shape index (κ1) is 13.6. The Labute approximate surface area is 115 Å². The van der Waals surface area contributed by atoms with E-state index >= 15 is 0 Å². The van der Waals surface area contributed by atoms with Gasteiger partial charge in [0.2, 0.25) is 0 Å². The Morgan fingerprint density at radius 1 is 1.50 bits per heavy atom. The van der Waals surface area contributed by atoms with Crippen molar-refractivity contribution in [2.45, 2.75) is 26.0 Å².